The Morgan fingerprint density at radius 2 is 1.20 bits per heavy atom. The summed E-state index contributed by atoms with van der Waals surface area (Å²) in [6, 6.07) is 52.4. The molecule has 7 aromatic rings. The predicted octanol–water partition coefficient (Wildman–Crippen LogP) is 17.7. The summed E-state index contributed by atoms with van der Waals surface area (Å²) >= 11 is 0. The monoisotopic (exact) mass is 828 g/mol. The Kier molecular flexibility index (Phi) is 14.6. The Balaban J connectivity index is 1.35. The number of hydrogen-bond donors (Lipinski definition) is 0. The van der Waals surface area contributed by atoms with Gasteiger partial charge < -0.3 is 9.47 Å². The van der Waals surface area contributed by atoms with Gasteiger partial charge in [0.2, 0.25) is 0 Å². The summed E-state index contributed by atoms with van der Waals surface area (Å²) < 4.78 is 2.37. The van der Waals surface area contributed by atoms with E-state index in [-0.39, 0.29) is 0 Å². The van der Waals surface area contributed by atoms with Crippen LogP contribution in [0.25, 0.3) is 60.9 Å². The second kappa shape index (κ2) is 21.2. The quantitative estimate of drug-likeness (QED) is 0.0830. The molecule has 0 bridgehead atoms. The standard InChI is InChI=1S/C62H56N2/c1-8-23-48(12-5)49(13-6)31-20-26-47(11-4)37-36-46(7)63(56-41-38-52(39-42-56)50-27-16-14-17-28-50)57-33-21-32-54(44-57)58-34-22-35-60-62(58)59-43-40-53(51-29-18-15-19-30-51)45-61(59)64(60)55(24-9-2)25-10-3/h8-25,27-45H,1-2,4-5,26H2,3,6-7H3/b25-10-,31-20-,46-36+,47-37+,48-23+,49-13+,55-24+. The number of fused-ring (bicyclic) bond motifs is 3. The van der Waals surface area contributed by atoms with Gasteiger partial charge in [-0.05, 0) is 132 Å². The van der Waals surface area contributed by atoms with Crippen LogP contribution in [0, 0.1) is 0 Å². The smallest absolute Gasteiger partial charge is 0.0547 e. The summed E-state index contributed by atoms with van der Waals surface area (Å²) in [5, 5.41) is 2.39. The van der Waals surface area contributed by atoms with Gasteiger partial charge in [0.05, 0.1) is 11.0 Å². The van der Waals surface area contributed by atoms with E-state index in [9.17, 15) is 0 Å². The molecule has 64 heavy (non-hydrogen) atoms. The van der Waals surface area contributed by atoms with Crippen LogP contribution in [-0.4, -0.2) is 4.57 Å². The van der Waals surface area contributed by atoms with Gasteiger partial charge in [-0.15, -0.1) is 0 Å². The first kappa shape index (κ1) is 44.1. The Bertz CT molecular complexity index is 3030. The molecule has 0 unspecified atom stereocenters. The van der Waals surface area contributed by atoms with Crippen LogP contribution >= 0.6 is 0 Å². The summed E-state index contributed by atoms with van der Waals surface area (Å²) in [6.07, 6.45) is 27.2. The van der Waals surface area contributed by atoms with E-state index in [0.29, 0.717) is 0 Å². The van der Waals surface area contributed by atoms with Crippen LogP contribution in [0.2, 0.25) is 0 Å². The molecule has 0 fully saturated rings. The molecule has 0 saturated heterocycles. The second-order valence-electron chi connectivity index (χ2n) is 15.4. The van der Waals surface area contributed by atoms with Crippen molar-refractivity contribution in [2.24, 2.45) is 0 Å². The number of aromatic nitrogens is 1. The molecule has 0 saturated carbocycles. The average molecular weight is 829 g/mol. The Morgan fingerprint density at radius 3 is 1.86 bits per heavy atom. The molecule has 0 spiro atoms. The molecule has 0 radical (unpaired) electrons. The highest BCUT2D eigenvalue weighted by molar-refractivity contribution is 6.17. The number of benzene rings is 6. The zero-order valence-corrected chi connectivity index (χ0v) is 37.3. The zero-order valence-electron chi connectivity index (χ0n) is 37.3. The lowest BCUT2D eigenvalue weighted by atomic mass is 9.97. The third-order valence-electron chi connectivity index (χ3n) is 11.4. The maximum atomic E-state index is 4.17. The largest absolute Gasteiger partial charge is 0.314 e. The van der Waals surface area contributed by atoms with Crippen LogP contribution in [0.3, 0.4) is 0 Å². The fraction of sp³-hybridized carbons (Fsp3) is 0.0645. The SMILES string of the molecule is C=C/C=C(C=C)/C(/C=C\C/C(C=C)=C/C=C(\C)N(c1ccc(-c2ccccc2)cc1)c1cccc(-c2cccc3c2c2ccc(-c4ccccc4)cc2n3C(/C=C\C)=C/C=C)c1)=C/C. The maximum absolute atomic E-state index is 4.17. The molecule has 1 heterocycles. The van der Waals surface area contributed by atoms with Gasteiger partial charge in [-0.1, -0.05) is 196 Å². The molecule has 0 aliphatic rings. The Labute approximate surface area is 380 Å². The van der Waals surface area contributed by atoms with Crippen molar-refractivity contribution in [3.05, 3.63) is 273 Å². The van der Waals surface area contributed by atoms with Crippen LogP contribution in [0.1, 0.15) is 27.2 Å². The summed E-state index contributed by atoms with van der Waals surface area (Å²) in [4.78, 5) is 2.34. The van der Waals surface area contributed by atoms with E-state index in [1.54, 1.807) is 6.08 Å². The van der Waals surface area contributed by atoms with Crippen molar-refractivity contribution >= 4 is 38.9 Å². The van der Waals surface area contributed by atoms with Gasteiger partial charge in [-0.2, -0.15) is 0 Å². The van der Waals surface area contributed by atoms with E-state index in [1.165, 1.54) is 38.6 Å². The molecule has 2 nitrogen and oxygen atoms in total. The lowest BCUT2D eigenvalue weighted by Gasteiger charge is -2.27. The van der Waals surface area contributed by atoms with Crippen LogP contribution < -0.4 is 4.90 Å². The Hall–Kier alpha value is -7.94. The van der Waals surface area contributed by atoms with Gasteiger partial charge in [0.1, 0.15) is 0 Å². The van der Waals surface area contributed by atoms with E-state index in [1.807, 2.05) is 31.2 Å². The third-order valence-corrected chi connectivity index (χ3v) is 11.4. The number of allylic oxidation sites excluding steroid dienone is 18. The molecule has 314 valence electrons. The van der Waals surface area contributed by atoms with Gasteiger partial charge in [0, 0.05) is 33.5 Å². The van der Waals surface area contributed by atoms with Crippen molar-refractivity contribution in [3.8, 4) is 33.4 Å². The van der Waals surface area contributed by atoms with Crippen LogP contribution in [0.15, 0.2) is 273 Å². The van der Waals surface area contributed by atoms with Crippen LogP contribution in [0.4, 0.5) is 11.4 Å². The molecular formula is C62H56N2. The van der Waals surface area contributed by atoms with Crippen molar-refractivity contribution in [2.75, 3.05) is 4.90 Å². The van der Waals surface area contributed by atoms with Crippen LogP contribution in [-0.2, 0) is 0 Å². The predicted molar refractivity (Wildman–Crippen MR) is 282 cm³/mol. The molecule has 0 aliphatic carbocycles. The highest BCUT2D eigenvalue weighted by Gasteiger charge is 2.19. The van der Waals surface area contributed by atoms with Gasteiger partial charge in [-0.25, -0.2) is 0 Å². The summed E-state index contributed by atoms with van der Waals surface area (Å²) in [6.45, 7) is 22.4. The fourth-order valence-corrected chi connectivity index (χ4v) is 8.31. The number of hydrogen-bond acceptors (Lipinski definition) is 1. The number of anilines is 2. The number of rotatable bonds is 17. The van der Waals surface area contributed by atoms with Crippen molar-refractivity contribution in [1.82, 2.24) is 4.57 Å². The number of nitrogens with zero attached hydrogens (tertiary/aromatic N) is 2. The highest BCUT2D eigenvalue weighted by Crippen LogP contribution is 2.42. The van der Waals surface area contributed by atoms with Gasteiger partial charge in [0.15, 0.2) is 0 Å². The maximum Gasteiger partial charge on any atom is 0.0547 e. The highest BCUT2D eigenvalue weighted by atomic mass is 15.1. The average Bonchev–Trinajstić information content (AvgIpc) is 3.68. The van der Waals surface area contributed by atoms with Crippen molar-refractivity contribution < 1.29 is 0 Å². The minimum absolute atomic E-state index is 0.729. The molecule has 7 rings (SSSR count). The van der Waals surface area contributed by atoms with E-state index in [2.05, 4.69) is 244 Å². The lowest BCUT2D eigenvalue weighted by Crippen LogP contribution is -2.14. The first-order chi connectivity index (χ1) is 31.4. The fourth-order valence-electron chi connectivity index (χ4n) is 8.31. The van der Waals surface area contributed by atoms with Gasteiger partial charge >= 0.3 is 0 Å². The Morgan fingerprint density at radius 1 is 0.547 bits per heavy atom. The molecular weight excluding hydrogens is 773 g/mol. The van der Waals surface area contributed by atoms with Crippen molar-refractivity contribution in [2.45, 2.75) is 27.2 Å². The van der Waals surface area contributed by atoms with Crippen molar-refractivity contribution in [1.29, 1.82) is 0 Å². The summed E-state index contributed by atoms with van der Waals surface area (Å²) in [5.74, 6) is 0. The molecule has 1 aromatic heterocycles. The normalized spacial score (nSPS) is 13.0. The molecule has 0 atom stereocenters. The van der Waals surface area contributed by atoms with E-state index in [4.69, 9.17) is 0 Å². The summed E-state index contributed by atoms with van der Waals surface area (Å²) in [5.41, 5.74) is 16.8. The van der Waals surface area contributed by atoms with E-state index < -0.39 is 0 Å². The van der Waals surface area contributed by atoms with Gasteiger partial charge in [0.25, 0.3) is 0 Å². The third kappa shape index (κ3) is 9.73. The first-order valence-corrected chi connectivity index (χ1v) is 21.9. The molecule has 0 aliphatic heterocycles. The minimum Gasteiger partial charge on any atom is -0.314 e. The minimum atomic E-state index is 0.729. The van der Waals surface area contributed by atoms with Crippen LogP contribution in [0.5, 0.6) is 0 Å². The lowest BCUT2D eigenvalue weighted by molar-refractivity contribution is 1.15. The van der Waals surface area contributed by atoms with E-state index >= 15 is 0 Å². The zero-order chi connectivity index (χ0) is 44.8. The second-order valence-corrected chi connectivity index (χ2v) is 15.4. The first-order valence-electron chi connectivity index (χ1n) is 21.9. The molecule has 0 amide bonds. The van der Waals surface area contributed by atoms with Gasteiger partial charge in [-0.3, -0.25) is 0 Å². The van der Waals surface area contributed by atoms with Crippen molar-refractivity contribution in [3.63, 3.8) is 0 Å². The molecule has 6 aromatic carbocycles. The molecule has 0 N–H and O–H groups in total. The topological polar surface area (TPSA) is 8.17 Å². The summed E-state index contributed by atoms with van der Waals surface area (Å²) in [7, 11) is 0. The van der Waals surface area contributed by atoms with E-state index in [0.717, 1.165) is 62.5 Å². The molecule has 2 heteroatoms.